The quantitative estimate of drug-likeness (QED) is 0.754. The number of fused-ring (bicyclic) bond motifs is 1. The summed E-state index contributed by atoms with van der Waals surface area (Å²) in [5.74, 6) is 2.09. The number of amides is 1. The summed E-state index contributed by atoms with van der Waals surface area (Å²) < 4.78 is 17.5. The summed E-state index contributed by atoms with van der Waals surface area (Å²) in [7, 11) is 1.63. The minimum Gasteiger partial charge on any atom is -0.497 e. The SMILES string of the molecule is CCC(Oc1cc(C)cc(C)c1)C(=O)NC1CC(C)(C)Oc2cc(OC)ccc21. The van der Waals surface area contributed by atoms with Crippen molar-refractivity contribution in [2.75, 3.05) is 7.11 Å². The fourth-order valence-electron chi connectivity index (χ4n) is 3.84. The van der Waals surface area contributed by atoms with Crippen LogP contribution in [0, 0.1) is 13.8 Å². The Labute approximate surface area is 173 Å². The summed E-state index contributed by atoms with van der Waals surface area (Å²) in [6.07, 6.45) is 0.711. The van der Waals surface area contributed by atoms with Gasteiger partial charge in [0.2, 0.25) is 0 Å². The lowest BCUT2D eigenvalue weighted by Crippen LogP contribution is -2.45. The zero-order chi connectivity index (χ0) is 21.2. The molecule has 156 valence electrons. The van der Waals surface area contributed by atoms with Crippen LogP contribution >= 0.6 is 0 Å². The first-order valence-corrected chi connectivity index (χ1v) is 10.1. The van der Waals surface area contributed by atoms with E-state index in [1.165, 1.54) is 0 Å². The summed E-state index contributed by atoms with van der Waals surface area (Å²) in [5, 5.41) is 3.18. The summed E-state index contributed by atoms with van der Waals surface area (Å²) in [4.78, 5) is 13.1. The number of ether oxygens (including phenoxy) is 3. The van der Waals surface area contributed by atoms with Crippen LogP contribution in [0.1, 0.15) is 56.3 Å². The van der Waals surface area contributed by atoms with Gasteiger partial charge in [0.15, 0.2) is 6.10 Å². The Kier molecular flexibility index (Phi) is 6.06. The molecule has 0 fully saturated rings. The van der Waals surface area contributed by atoms with E-state index in [4.69, 9.17) is 14.2 Å². The van der Waals surface area contributed by atoms with E-state index in [1.54, 1.807) is 7.11 Å². The highest BCUT2D eigenvalue weighted by Gasteiger charge is 2.36. The van der Waals surface area contributed by atoms with Crippen LogP contribution in [0.4, 0.5) is 0 Å². The van der Waals surface area contributed by atoms with Crippen LogP contribution in [0.2, 0.25) is 0 Å². The summed E-state index contributed by atoms with van der Waals surface area (Å²) in [6, 6.07) is 11.6. The second-order valence-electron chi connectivity index (χ2n) is 8.37. The van der Waals surface area contributed by atoms with Crippen molar-refractivity contribution >= 4 is 5.91 Å². The van der Waals surface area contributed by atoms with Gasteiger partial charge in [0.25, 0.3) is 5.91 Å². The lowest BCUT2D eigenvalue weighted by molar-refractivity contribution is -0.129. The molecule has 0 aromatic heterocycles. The van der Waals surface area contributed by atoms with Gasteiger partial charge >= 0.3 is 0 Å². The second-order valence-corrected chi connectivity index (χ2v) is 8.37. The molecule has 2 aromatic carbocycles. The Hall–Kier alpha value is -2.69. The predicted octanol–water partition coefficient (Wildman–Crippen LogP) is 4.89. The van der Waals surface area contributed by atoms with Gasteiger partial charge in [-0.25, -0.2) is 0 Å². The Morgan fingerprint density at radius 3 is 2.48 bits per heavy atom. The Bertz CT molecular complexity index is 870. The lowest BCUT2D eigenvalue weighted by atomic mass is 9.89. The number of carbonyl (C=O) groups excluding carboxylic acids is 1. The van der Waals surface area contributed by atoms with E-state index < -0.39 is 11.7 Å². The topological polar surface area (TPSA) is 56.8 Å². The molecule has 2 aromatic rings. The Morgan fingerprint density at radius 1 is 1.17 bits per heavy atom. The molecule has 0 saturated heterocycles. The fraction of sp³-hybridized carbons (Fsp3) is 0.458. The van der Waals surface area contributed by atoms with Crippen LogP contribution in [-0.2, 0) is 4.79 Å². The van der Waals surface area contributed by atoms with Gasteiger partial charge in [-0.15, -0.1) is 0 Å². The lowest BCUT2D eigenvalue weighted by Gasteiger charge is -2.38. The number of hydrogen-bond acceptors (Lipinski definition) is 4. The van der Waals surface area contributed by atoms with Crippen LogP contribution in [0.15, 0.2) is 36.4 Å². The molecule has 1 N–H and O–H groups in total. The highest BCUT2D eigenvalue weighted by atomic mass is 16.5. The van der Waals surface area contributed by atoms with Crippen molar-refractivity contribution in [2.45, 2.75) is 65.2 Å². The normalized spacial score (nSPS) is 18.2. The molecule has 0 saturated carbocycles. The third kappa shape index (κ3) is 5.03. The molecule has 2 atom stereocenters. The minimum absolute atomic E-state index is 0.115. The molecule has 2 unspecified atom stereocenters. The molecule has 5 heteroatoms. The molecular weight excluding hydrogens is 366 g/mol. The number of hydrogen-bond donors (Lipinski definition) is 1. The van der Waals surface area contributed by atoms with Gasteiger partial charge in [0.1, 0.15) is 22.8 Å². The van der Waals surface area contributed by atoms with Gasteiger partial charge in [-0.1, -0.05) is 13.0 Å². The molecule has 0 bridgehead atoms. The van der Waals surface area contributed by atoms with Gasteiger partial charge in [-0.2, -0.15) is 0 Å². The van der Waals surface area contributed by atoms with E-state index in [0.29, 0.717) is 12.8 Å². The van der Waals surface area contributed by atoms with Crippen molar-refractivity contribution in [1.29, 1.82) is 0 Å². The predicted molar refractivity (Wildman–Crippen MR) is 114 cm³/mol. The number of carbonyl (C=O) groups is 1. The first-order valence-electron chi connectivity index (χ1n) is 10.1. The number of methoxy groups -OCH3 is 1. The summed E-state index contributed by atoms with van der Waals surface area (Å²) in [6.45, 7) is 10.1. The van der Waals surface area contributed by atoms with Crippen LogP contribution in [-0.4, -0.2) is 24.7 Å². The van der Waals surface area contributed by atoms with E-state index in [1.807, 2.05) is 65.0 Å². The van der Waals surface area contributed by atoms with Gasteiger partial charge in [0.05, 0.1) is 13.2 Å². The van der Waals surface area contributed by atoms with Gasteiger partial charge in [0, 0.05) is 18.1 Å². The minimum atomic E-state index is -0.552. The molecule has 1 aliphatic heterocycles. The fourth-order valence-corrected chi connectivity index (χ4v) is 3.84. The van der Waals surface area contributed by atoms with E-state index in [9.17, 15) is 4.79 Å². The monoisotopic (exact) mass is 397 g/mol. The van der Waals surface area contributed by atoms with Gasteiger partial charge in [-0.05, 0) is 69.5 Å². The smallest absolute Gasteiger partial charge is 0.261 e. The van der Waals surface area contributed by atoms with Gasteiger partial charge in [-0.3, -0.25) is 4.79 Å². The number of rotatable bonds is 6. The number of aryl methyl sites for hydroxylation is 2. The van der Waals surface area contributed by atoms with Crippen molar-refractivity contribution in [3.05, 3.63) is 53.1 Å². The van der Waals surface area contributed by atoms with Crippen LogP contribution in [0.25, 0.3) is 0 Å². The van der Waals surface area contributed by atoms with E-state index >= 15 is 0 Å². The maximum Gasteiger partial charge on any atom is 0.261 e. The van der Waals surface area contributed by atoms with Crippen molar-refractivity contribution in [3.8, 4) is 17.2 Å². The zero-order valence-corrected chi connectivity index (χ0v) is 18.2. The molecule has 0 aliphatic carbocycles. The average Bonchev–Trinajstić information content (AvgIpc) is 2.63. The zero-order valence-electron chi connectivity index (χ0n) is 18.2. The first kappa shape index (κ1) is 21.0. The van der Waals surface area contributed by atoms with Crippen LogP contribution in [0.5, 0.6) is 17.2 Å². The maximum atomic E-state index is 13.1. The third-order valence-corrected chi connectivity index (χ3v) is 5.13. The van der Waals surface area contributed by atoms with E-state index in [0.717, 1.165) is 33.9 Å². The molecule has 29 heavy (non-hydrogen) atoms. The average molecular weight is 398 g/mol. The number of benzene rings is 2. The third-order valence-electron chi connectivity index (χ3n) is 5.13. The first-order chi connectivity index (χ1) is 13.7. The van der Waals surface area contributed by atoms with E-state index in [2.05, 4.69) is 11.4 Å². The second kappa shape index (κ2) is 8.36. The van der Waals surface area contributed by atoms with Crippen molar-refractivity contribution in [2.24, 2.45) is 0 Å². The van der Waals surface area contributed by atoms with Gasteiger partial charge < -0.3 is 19.5 Å². The maximum absolute atomic E-state index is 13.1. The Morgan fingerprint density at radius 2 is 1.86 bits per heavy atom. The molecule has 5 nitrogen and oxygen atoms in total. The van der Waals surface area contributed by atoms with Crippen LogP contribution in [0.3, 0.4) is 0 Å². The van der Waals surface area contributed by atoms with E-state index in [-0.39, 0.29) is 11.9 Å². The highest BCUT2D eigenvalue weighted by Crippen LogP contribution is 2.41. The molecule has 1 amide bonds. The molecule has 1 aliphatic rings. The van der Waals surface area contributed by atoms with Crippen molar-refractivity contribution in [1.82, 2.24) is 5.32 Å². The highest BCUT2D eigenvalue weighted by molar-refractivity contribution is 5.81. The molecule has 0 spiro atoms. The molecular formula is C24H31NO4. The largest absolute Gasteiger partial charge is 0.497 e. The standard InChI is InChI=1S/C24H31NO4/c1-7-21(28-18-11-15(2)10-16(3)12-18)23(26)25-20-14-24(4,5)29-22-13-17(27-6)8-9-19(20)22/h8-13,20-21H,7,14H2,1-6H3,(H,25,26). The molecule has 0 radical (unpaired) electrons. The van der Waals surface area contributed by atoms with Crippen LogP contribution < -0.4 is 19.5 Å². The number of nitrogens with one attached hydrogen (secondary N) is 1. The summed E-state index contributed by atoms with van der Waals surface area (Å²) >= 11 is 0. The Balaban J connectivity index is 1.79. The molecule has 1 heterocycles. The van der Waals surface area contributed by atoms with Crippen molar-refractivity contribution < 1.29 is 19.0 Å². The van der Waals surface area contributed by atoms with Crippen molar-refractivity contribution in [3.63, 3.8) is 0 Å². The molecule has 3 rings (SSSR count). The summed E-state index contributed by atoms with van der Waals surface area (Å²) in [5.41, 5.74) is 2.79.